The Bertz CT molecular complexity index is 1100. The zero-order valence-electron chi connectivity index (χ0n) is 22.5. The summed E-state index contributed by atoms with van der Waals surface area (Å²) in [7, 11) is 3.08. The molecule has 1 atom stereocenters. The third-order valence-electron chi connectivity index (χ3n) is 5.85. The van der Waals surface area contributed by atoms with E-state index in [0.29, 0.717) is 60.9 Å². The molecule has 0 aromatic heterocycles. The summed E-state index contributed by atoms with van der Waals surface area (Å²) in [5.74, 6) is 0.565. The van der Waals surface area contributed by atoms with Gasteiger partial charge in [0.25, 0.3) is 11.1 Å². The molecule has 2 heterocycles. The van der Waals surface area contributed by atoms with Crippen LogP contribution in [0.1, 0.15) is 52.0 Å². The van der Waals surface area contributed by atoms with Crippen molar-refractivity contribution in [3.05, 3.63) is 22.6 Å². The summed E-state index contributed by atoms with van der Waals surface area (Å²) in [6.45, 7) is 7.13. The molecule has 2 saturated heterocycles. The fraction of sp³-hybridized carbons (Fsp3) is 0.538. The summed E-state index contributed by atoms with van der Waals surface area (Å²) >= 11 is 0.851. The zero-order valence-corrected chi connectivity index (χ0v) is 23.3. The van der Waals surface area contributed by atoms with Gasteiger partial charge in [0, 0.05) is 49.4 Å². The van der Waals surface area contributed by atoms with Gasteiger partial charge in [-0.1, -0.05) is 0 Å². The van der Waals surface area contributed by atoms with Crippen LogP contribution in [0.5, 0.6) is 11.5 Å². The lowest BCUT2D eigenvalue weighted by Crippen LogP contribution is -2.37. The van der Waals surface area contributed by atoms with Gasteiger partial charge in [0.2, 0.25) is 5.91 Å². The van der Waals surface area contributed by atoms with Crippen LogP contribution in [0.4, 0.5) is 15.3 Å². The Hall–Kier alpha value is -3.41. The highest BCUT2D eigenvalue weighted by atomic mass is 32.2. The first-order valence-electron chi connectivity index (χ1n) is 12.5. The highest BCUT2D eigenvalue weighted by molar-refractivity contribution is 8.18. The van der Waals surface area contributed by atoms with Gasteiger partial charge in [0.15, 0.2) is 11.5 Å². The quantitative estimate of drug-likeness (QED) is 0.297. The molecule has 0 spiro atoms. The molecule has 208 valence electrons. The largest absolute Gasteiger partial charge is 0.493 e. The molecule has 0 saturated carbocycles. The number of carbonyl (C=O) groups is 4. The van der Waals surface area contributed by atoms with Crippen LogP contribution in [0.3, 0.4) is 0 Å². The first kappa shape index (κ1) is 29.2. The van der Waals surface area contributed by atoms with E-state index < -0.39 is 22.8 Å². The minimum absolute atomic E-state index is 0.0401. The lowest BCUT2D eigenvalue weighted by Gasteiger charge is -2.23. The average molecular weight is 549 g/mol. The van der Waals surface area contributed by atoms with E-state index in [1.807, 2.05) is 6.07 Å². The van der Waals surface area contributed by atoms with Crippen molar-refractivity contribution in [2.24, 2.45) is 0 Å². The third-order valence-corrected chi connectivity index (χ3v) is 6.66. The molecule has 11 nitrogen and oxygen atoms in total. The van der Waals surface area contributed by atoms with Crippen LogP contribution in [-0.2, 0) is 14.3 Å². The summed E-state index contributed by atoms with van der Waals surface area (Å²) in [5.41, 5.74) is 0.976. The molecule has 38 heavy (non-hydrogen) atoms. The zero-order chi connectivity index (χ0) is 27.9. The number of unbranched alkanes of at least 4 members (excludes halogenated alkanes) is 1. The average Bonchev–Trinajstić information content (AvgIpc) is 3.42. The van der Waals surface area contributed by atoms with Crippen molar-refractivity contribution < 1.29 is 33.4 Å². The number of hydrogen-bond acceptors (Lipinski definition) is 9. The number of methoxy groups -OCH3 is 2. The number of nitrogens with zero attached hydrogens (tertiary/aromatic N) is 1. The van der Waals surface area contributed by atoms with Gasteiger partial charge in [-0.2, -0.15) is 0 Å². The summed E-state index contributed by atoms with van der Waals surface area (Å²) in [6, 6.07) is 3.57. The minimum atomic E-state index is -0.545. The second-order valence-corrected chi connectivity index (χ2v) is 11.0. The van der Waals surface area contributed by atoms with Gasteiger partial charge in [0.1, 0.15) is 5.60 Å². The van der Waals surface area contributed by atoms with Gasteiger partial charge in [-0.3, -0.25) is 19.7 Å². The van der Waals surface area contributed by atoms with E-state index in [2.05, 4.69) is 20.9 Å². The first-order valence-corrected chi connectivity index (χ1v) is 13.3. The van der Waals surface area contributed by atoms with Crippen LogP contribution < -0.4 is 30.3 Å². The van der Waals surface area contributed by atoms with Crippen LogP contribution in [0.25, 0.3) is 6.08 Å². The molecule has 1 aromatic carbocycles. The Kier molecular flexibility index (Phi) is 9.90. The predicted octanol–water partition coefficient (Wildman–Crippen LogP) is 3.42. The number of ether oxygens (including phenoxy) is 3. The number of hydrogen-bond donors (Lipinski definition) is 3. The number of nitrogens with one attached hydrogen (secondary N) is 3. The molecule has 1 aromatic rings. The molecule has 0 radical (unpaired) electrons. The van der Waals surface area contributed by atoms with Crippen LogP contribution in [0.15, 0.2) is 17.0 Å². The molecule has 12 heteroatoms. The molecule has 0 bridgehead atoms. The van der Waals surface area contributed by atoms with Crippen LogP contribution in [0, 0.1) is 0 Å². The van der Waals surface area contributed by atoms with E-state index in [-0.39, 0.29) is 11.9 Å². The standard InChI is InChI=1S/C26H36N4O7S/c1-26(2,3)37-24(33)27-10-7-6-8-22(31)28-17-9-11-30(15-17)18-14-20(36-5)19(35-4)12-16(18)13-21-23(32)29-25(34)38-21/h12-14,17H,6-11,15H2,1-5H3,(H,27,33)(H,28,31)(H,29,32,34). The van der Waals surface area contributed by atoms with Gasteiger partial charge in [-0.05, 0) is 63.9 Å². The molecule has 4 amide bonds. The third kappa shape index (κ3) is 8.30. The Morgan fingerprint density at radius 1 is 1.16 bits per heavy atom. The van der Waals surface area contributed by atoms with Crippen molar-refractivity contribution in [2.75, 3.05) is 38.8 Å². The Balaban J connectivity index is 1.56. The highest BCUT2D eigenvalue weighted by Crippen LogP contribution is 2.39. The number of carbonyl (C=O) groups excluding carboxylic acids is 4. The van der Waals surface area contributed by atoms with Crippen molar-refractivity contribution in [3.8, 4) is 11.5 Å². The molecular weight excluding hydrogens is 512 g/mol. The number of rotatable bonds is 10. The van der Waals surface area contributed by atoms with Gasteiger partial charge in [-0.15, -0.1) is 0 Å². The van der Waals surface area contributed by atoms with E-state index in [1.54, 1.807) is 40.0 Å². The normalized spacial score (nSPS) is 18.4. The summed E-state index contributed by atoms with van der Waals surface area (Å²) in [6.07, 6.45) is 3.63. The molecule has 2 fully saturated rings. The molecule has 3 N–H and O–H groups in total. The molecule has 0 aliphatic carbocycles. The summed E-state index contributed by atoms with van der Waals surface area (Å²) in [5, 5.41) is 7.64. The van der Waals surface area contributed by atoms with E-state index in [9.17, 15) is 19.2 Å². The van der Waals surface area contributed by atoms with Gasteiger partial charge in [-0.25, -0.2) is 4.79 Å². The van der Waals surface area contributed by atoms with Crippen molar-refractivity contribution >= 4 is 46.7 Å². The predicted molar refractivity (Wildman–Crippen MR) is 146 cm³/mol. The maximum absolute atomic E-state index is 12.5. The lowest BCUT2D eigenvalue weighted by molar-refractivity contribution is -0.121. The number of anilines is 1. The number of benzene rings is 1. The molecule has 3 rings (SSSR count). The second kappa shape index (κ2) is 12.9. The number of imide groups is 1. The monoisotopic (exact) mass is 548 g/mol. The molecule has 1 unspecified atom stereocenters. The van der Waals surface area contributed by atoms with Gasteiger partial charge < -0.3 is 29.7 Å². The smallest absolute Gasteiger partial charge is 0.407 e. The van der Waals surface area contributed by atoms with Crippen molar-refractivity contribution in [1.29, 1.82) is 0 Å². The fourth-order valence-corrected chi connectivity index (χ4v) is 4.82. The maximum Gasteiger partial charge on any atom is 0.407 e. The van der Waals surface area contributed by atoms with E-state index in [0.717, 1.165) is 23.9 Å². The Morgan fingerprint density at radius 2 is 1.87 bits per heavy atom. The highest BCUT2D eigenvalue weighted by Gasteiger charge is 2.29. The Morgan fingerprint density at radius 3 is 2.50 bits per heavy atom. The van der Waals surface area contributed by atoms with Crippen molar-refractivity contribution in [3.63, 3.8) is 0 Å². The SMILES string of the molecule is COc1cc(C=C2SC(=O)NC2=O)c(N2CCC(NC(=O)CCCCNC(=O)OC(C)(C)C)C2)cc1OC. The molecule has 2 aliphatic heterocycles. The number of amides is 4. The number of alkyl carbamates (subject to hydrolysis) is 1. The Labute approximate surface area is 227 Å². The van der Waals surface area contributed by atoms with Crippen molar-refractivity contribution in [2.45, 2.75) is 58.1 Å². The van der Waals surface area contributed by atoms with Gasteiger partial charge in [0.05, 0.1) is 19.1 Å². The molecule has 2 aliphatic rings. The topological polar surface area (TPSA) is 135 Å². The van der Waals surface area contributed by atoms with Crippen LogP contribution in [0.2, 0.25) is 0 Å². The summed E-state index contributed by atoms with van der Waals surface area (Å²) < 4.78 is 16.1. The van der Waals surface area contributed by atoms with Crippen LogP contribution in [-0.4, -0.2) is 68.6 Å². The summed E-state index contributed by atoms with van der Waals surface area (Å²) in [4.78, 5) is 50.4. The maximum atomic E-state index is 12.5. The van der Waals surface area contributed by atoms with Gasteiger partial charge >= 0.3 is 6.09 Å². The second-order valence-electron chi connectivity index (χ2n) is 10.0. The molecular formula is C26H36N4O7S. The lowest BCUT2D eigenvalue weighted by atomic mass is 10.1. The van der Waals surface area contributed by atoms with E-state index >= 15 is 0 Å². The van der Waals surface area contributed by atoms with Crippen LogP contribution >= 0.6 is 11.8 Å². The van der Waals surface area contributed by atoms with Crippen molar-refractivity contribution in [1.82, 2.24) is 16.0 Å². The van der Waals surface area contributed by atoms with E-state index in [4.69, 9.17) is 14.2 Å². The number of thioether (sulfide) groups is 1. The fourth-order valence-electron chi connectivity index (χ4n) is 4.15. The minimum Gasteiger partial charge on any atom is -0.493 e. The van der Waals surface area contributed by atoms with E-state index in [1.165, 1.54) is 7.11 Å². The first-order chi connectivity index (χ1) is 18.0.